The van der Waals surface area contributed by atoms with Gasteiger partial charge in [-0.1, -0.05) is 61.0 Å². The molecule has 0 saturated carbocycles. The molecule has 0 aromatic carbocycles. The van der Waals surface area contributed by atoms with Crippen molar-refractivity contribution in [3.63, 3.8) is 0 Å². The Balaban J connectivity index is 4.79. The number of hydrogen-bond donors (Lipinski definition) is 0. The Bertz CT molecular complexity index is 404. The van der Waals surface area contributed by atoms with Gasteiger partial charge < -0.3 is 0 Å². The number of unbranched alkanes of at least 4 members (excludes halogenated alkanes) is 3. The SMILES string of the molecule is CCCCCCS(=O)(=O)N(SC(Cl)(Cl)Cl)C(C)C#N. The molecule has 0 aliphatic heterocycles. The molecular weight excluding hydrogens is 351 g/mol. The number of sulfonamides is 1. The van der Waals surface area contributed by atoms with E-state index in [2.05, 4.69) is 0 Å². The van der Waals surface area contributed by atoms with Gasteiger partial charge in [-0.15, -0.1) is 3.71 Å². The Kier molecular flexibility index (Phi) is 9.09. The Morgan fingerprint density at radius 2 is 1.89 bits per heavy atom. The molecule has 0 saturated heterocycles. The van der Waals surface area contributed by atoms with Gasteiger partial charge in [0.15, 0.2) is 0 Å². The molecule has 9 heteroatoms. The largest absolute Gasteiger partial charge is 0.252 e. The average Bonchev–Trinajstić information content (AvgIpc) is 2.29. The van der Waals surface area contributed by atoms with Crippen LogP contribution in [0.25, 0.3) is 0 Å². The zero-order chi connectivity index (χ0) is 15.1. The summed E-state index contributed by atoms with van der Waals surface area (Å²) in [6, 6.07) is 0.953. The topological polar surface area (TPSA) is 61.2 Å². The fraction of sp³-hybridized carbons (Fsp3) is 0.900. The minimum absolute atomic E-state index is 0.0488. The summed E-state index contributed by atoms with van der Waals surface area (Å²) in [5.74, 6) is -0.0488. The maximum absolute atomic E-state index is 12.1. The lowest BCUT2D eigenvalue weighted by Gasteiger charge is -2.25. The van der Waals surface area contributed by atoms with Crippen molar-refractivity contribution in [2.75, 3.05) is 5.75 Å². The van der Waals surface area contributed by atoms with Crippen molar-refractivity contribution in [2.45, 2.75) is 48.7 Å². The molecule has 0 rings (SSSR count). The summed E-state index contributed by atoms with van der Waals surface area (Å²) in [5, 5.41) is 8.88. The fourth-order valence-electron chi connectivity index (χ4n) is 1.33. The van der Waals surface area contributed by atoms with E-state index in [-0.39, 0.29) is 5.75 Å². The van der Waals surface area contributed by atoms with Crippen LogP contribution in [0.4, 0.5) is 0 Å². The van der Waals surface area contributed by atoms with Gasteiger partial charge in [0.2, 0.25) is 10.0 Å². The van der Waals surface area contributed by atoms with Crippen LogP contribution in [0.2, 0.25) is 0 Å². The highest BCUT2D eigenvalue weighted by atomic mass is 35.6. The Hall–Kier alpha value is 0.620. The lowest BCUT2D eigenvalue weighted by Crippen LogP contribution is -2.35. The van der Waals surface area contributed by atoms with E-state index in [1.807, 2.05) is 13.0 Å². The minimum atomic E-state index is -3.63. The van der Waals surface area contributed by atoms with Gasteiger partial charge in [0.25, 0.3) is 3.12 Å². The van der Waals surface area contributed by atoms with Crippen molar-refractivity contribution < 1.29 is 8.42 Å². The molecule has 19 heavy (non-hydrogen) atoms. The third-order valence-corrected chi connectivity index (χ3v) is 6.12. The second-order valence-corrected chi connectivity index (χ2v) is 10.3. The summed E-state index contributed by atoms with van der Waals surface area (Å²) in [6.45, 7) is 3.49. The van der Waals surface area contributed by atoms with Crippen LogP contribution in [0.15, 0.2) is 0 Å². The van der Waals surface area contributed by atoms with Crippen LogP contribution in [0.1, 0.15) is 39.5 Å². The van der Waals surface area contributed by atoms with Crippen LogP contribution in [-0.2, 0) is 10.0 Å². The van der Waals surface area contributed by atoms with Crippen molar-refractivity contribution in [1.82, 2.24) is 3.71 Å². The Morgan fingerprint density at radius 1 is 1.32 bits per heavy atom. The van der Waals surface area contributed by atoms with Crippen LogP contribution in [0, 0.1) is 11.3 Å². The first-order chi connectivity index (χ1) is 8.64. The first kappa shape index (κ1) is 19.6. The predicted molar refractivity (Wildman–Crippen MR) is 82.7 cm³/mol. The van der Waals surface area contributed by atoms with Gasteiger partial charge in [0.1, 0.15) is 6.04 Å². The molecule has 0 aromatic rings. The second kappa shape index (κ2) is 8.81. The monoisotopic (exact) mass is 366 g/mol. The zero-order valence-corrected chi connectivity index (χ0v) is 14.7. The van der Waals surface area contributed by atoms with Crippen molar-refractivity contribution in [1.29, 1.82) is 5.26 Å². The van der Waals surface area contributed by atoms with Crippen LogP contribution < -0.4 is 0 Å². The molecule has 0 spiro atoms. The molecule has 0 aliphatic carbocycles. The van der Waals surface area contributed by atoms with Crippen LogP contribution >= 0.6 is 46.8 Å². The molecule has 0 bridgehead atoms. The van der Waals surface area contributed by atoms with Crippen molar-refractivity contribution in [3.05, 3.63) is 0 Å². The Morgan fingerprint density at radius 3 is 2.32 bits per heavy atom. The Labute approximate surface area is 134 Å². The highest BCUT2D eigenvalue weighted by Crippen LogP contribution is 2.43. The molecule has 0 fully saturated rings. The van der Waals surface area contributed by atoms with Crippen LogP contribution in [0.5, 0.6) is 0 Å². The number of nitrogens with zero attached hydrogens (tertiary/aromatic N) is 2. The van der Waals surface area contributed by atoms with Gasteiger partial charge in [-0.3, -0.25) is 0 Å². The van der Waals surface area contributed by atoms with Gasteiger partial charge in [-0.05, 0) is 25.3 Å². The molecule has 0 aromatic heterocycles. The van der Waals surface area contributed by atoms with E-state index in [1.54, 1.807) is 0 Å². The number of hydrogen-bond acceptors (Lipinski definition) is 4. The van der Waals surface area contributed by atoms with Crippen molar-refractivity contribution in [3.8, 4) is 6.07 Å². The standard InChI is InChI=1S/C10H17Cl3N2O2S2/c1-3-4-5-6-7-19(16,17)15(9(2)8-14)18-10(11,12)13/h9H,3-7H2,1-2H3. The van der Waals surface area contributed by atoms with Gasteiger partial charge in [0.05, 0.1) is 11.8 Å². The maximum Gasteiger partial charge on any atom is 0.252 e. The van der Waals surface area contributed by atoms with Gasteiger partial charge in [-0.25, -0.2) is 8.42 Å². The molecule has 1 unspecified atom stereocenters. The lowest BCUT2D eigenvalue weighted by atomic mass is 10.2. The summed E-state index contributed by atoms with van der Waals surface area (Å²) >= 11 is 17.3. The molecule has 0 amide bonds. The molecule has 112 valence electrons. The number of nitriles is 1. The zero-order valence-electron chi connectivity index (χ0n) is 10.8. The highest BCUT2D eigenvalue weighted by molar-refractivity contribution is 8.11. The summed E-state index contributed by atoms with van der Waals surface area (Å²) in [6.07, 6.45) is 3.34. The maximum atomic E-state index is 12.1. The molecular formula is C10H17Cl3N2O2S2. The summed E-state index contributed by atoms with van der Waals surface area (Å²) < 4.78 is 23.4. The number of halogens is 3. The molecule has 4 nitrogen and oxygen atoms in total. The molecule has 0 N–H and O–H groups in total. The van der Waals surface area contributed by atoms with Crippen molar-refractivity contribution >= 4 is 56.8 Å². The van der Waals surface area contributed by atoms with Crippen LogP contribution in [-0.4, -0.2) is 27.0 Å². The first-order valence-electron chi connectivity index (χ1n) is 5.81. The molecule has 0 heterocycles. The molecule has 0 radical (unpaired) electrons. The molecule has 1 atom stereocenters. The fourth-order valence-corrected chi connectivity index (χ4v) is 5.06. The minimum Gasteiger partial charge on any atom is -0.211 e. The van der Waals surface area contributed by atoms with E-state index in [0.717, 1.165) is 23.0 Å². The third kappa shape index (κ3) is 8.49. The van der Waals surface area contributed by atoms with Gasteiger partial charge >= 0.3 is 0 Å². The van der Waals surface area contributed by atoms with E-state index in [0.29, 0.717) is 18.4 Å². The third-order valence-electron chi connectivity index (χ3n) is 2.23. The second-order valence-electron chi connectivity index (χ2n) is 3.97. The van der Waals surface area contributed by atoms with Crippen LogP contribution in [0.3, 0.4) is 0 Å². The quantitative estimate of drug-likeness (QED) is 0.368. The van der Waals surface area contributed by atoms with E-state index in [4.69, 9.17) is 40.1 Å². The van der Waals surface area contributed by atoms with Gasteiger partial charge in [0, 0.05) is 0 Å². The number of alkyl halides is 3. The van der Waals surface area contributed by atoms with E-state index < -0.39 is 19.2 Å². The first-order valence-corrected chi connectivity index (χ1v) is 9.33. The summed E-state index contributed by atoms with van der Waals surface area (Å²) in [7, 11) is -3.63. The van der Waals surface area contributed by atoms with E-state index >= 15 is 0 Å². The summed E-state index contributed by atoms with van der Waals surface area (Å²) in [5.41, 5.74) is 0. The van der Waals surface area contributed by atoms with E-state index in [1.165, 1.54) is 6.92 Å². The lowest BCUT2D eigenvalue weighted by molar-refractivity contribution is 0.520. The smallest absolute Gasteiger partial charge is 0.211 e. The summed E-state index contributed by atoms with van der Waals surface area (Å²) in [4.78, 5) is 0. The molecule has 0 aliphatic rings. The van der Waals surface area contributed by atoms with Crippen molar-refractivity contribution in [2.24, 2.45) is 0 Å². The average molecular weight is 368 g/mol. The highest BCUT2D eigenvalue weighted by Gasteiger charge is 2.35. The van der Waals surface area contributed by atoms with Gasteiger partial charge in [-0.2, -0.15) is 5.26 Å². The predicted octanol–water partition coefficient (Wildman–Crippen LogP) is 4.09. The normalized spacial score (nSPS) is 14.4. The van der Waals surface area contributed by atoms with E-state index in [9.17, 15) is 8.42 Å². The number of rotatable bonds is 8.